The monoisotopic (exact) mass is 338 g/mol. The van der Waals surface area contributed by atoms with Gasteiger partial charge in [-0.25, -0.2) is 9.97 Å². The van der Waals surface area contributed by atoms with Gasteiger partial charge in [-0.15, -0.1) is 0 Å². The Morgan fingerprint density at radius 1 is 0.920 bits per heavy atom. The zero-order valence-corrected chi connectivity index (χ0v) is 15.6. The van der Waals surface area contributed by atoms with Crippen molar-refractivity contribution in [2.75, 3.05) is 18.0 Å². The maximum absolute atomic E-state index is 4.88. The molecule has 2 aliphatic rings. The quantitative estimate of drug-likeness (QED) is 0.913. The van der Waals surface area contributed by atoms with E-state index in [0.717, 1.165) is 36.3 Å². The number of aromatic nitrogens is 2. The fraction of sp³-hybridized carbons (Fsp3) is 0.619. The highest BCUT2D eigenvalue weighted by Crippen LogP contribution is 2.24. The summed E-state index contributed by atoms with van der Waals surface area (Å²) in [6.07, 6.45) is 9.24. The predicted octanol–water partition coefficient (Wildman–Crippen LogP) is 4.14. The number of nitrogens with zero attached hydrogens (tertiary/aromatic N) is 3. The van der Waals surface area contributed by atoms with Gasteiger partial charge in [0.15, 0.2) is 0 Å². The average molecular weight is 338 g/mol. The summed E-state index contributed by atoms with van der Waals surface area (Å²) in [5.41, 5.74) is 3.42. The molecule has 1 aliphatic carbocycles. The van der Waals surface area contributed by atoms with Crippen molar-refractivity contribution in [2.24, 2.45) is 0 Å². The molecule has 1 saturated carbocycles. The summed E-state index contributed by atoms with van der Waals surface area (Å²) < 4.78 is 0. The Hall–Kier alpha value is -1.68. The number of benzene rings is 1. The van der Waals surface area contributed by atoms with Crippen molar-refractivity contribution in [1.82, 2.24) is 15.3 Å². The van der Waals surface area contributed by atoms with E-state index in [-0.39, 0.29) is 0 Å². The fourth-order valence-electron chi connectivity index (χ4n) is 4.41. The number of nitrogens with one attached hydrogen (secondary N) is 1. The van der Waals surface area contributed by atoms with E-state index in [2.05, 4.69) is 42.3 Å². The smallest absolute Gasteiger partial charge is 0.226 e. The fourth-order valence-corrected chi connectivity index (χ4v) is 4.41. The van der Waals surface area contributed by atoms with Gasteiger partial charge in [-0.1, -0.05) is 25.0 Å². The van der Waals surface area contributed by atoms with Crippen LogP contribution in [0.2, 0.25) is 0 Å². The molecule has 1 aromatic carbocycles. The van der Waals surface area contributed by atoms with Crippen molar-refractivity contribution >= 4 is 16.9 Å². The van der Waals surface area contributed by atoms with Crippen molar-refractivity contribution < 1.29 is 0 Å². The van der Waals surface area contributed by atoms with Gasteiger partial charge in [0.05, 0.1) is 11.2 Å². The van der Waals surface area contributed by atoms with Gasteiger partial charge in [-0.05, 0) is 57.6 Å². The Morgan fingerprint density at radius 2 is 1.68 bits per heavy atom. The van der Waals surface area contributed by atoms with Crippen LogP contribution in [0, 0.1) is 13.8 Å². The van der Waals surface area contributed by atoms with Crippen LogP contribution in [0.3, 0.4) is 0 Å². The summed E-state index contributed by atoms with van der Waals surface area (Å²) in [4.78, 5) is 12.1. The maximum atomic E-state index is 4.88. The first-order valence-electron chi connectivity index (χ1n) is 9.95. The molecule has 134 valence electrons. The van der Waals surface area contributed by atoms with Crippen LogP contribution in [0.15, 0.2) is 18.2 Å². The molecular formula is C21H30N4. The van der Waals surface area contributed by atoms with E-state index in [9.17, 15) is 0 Å². The third-order valence-electron chi connectivity index (χ3n) is 5.87. The molecule has 2 aromatic rings. The van der Waals surface area contributed by atoms with Crippen LogP contribution < -0.4 is 10.2 Å². The van der Waals surface area contributed by atoms with Crippen molar-refractivity contribution in [1.29, 1.82) is 0 Å². The molecule has 1 N–H and O–H groups in total. The molecule has 0 amide bonds. The molecule has 2 heterocycles. The Labute approximate surface area is 151 Å². The van der Waals surface area contributed by atoms with Crippen LogP contribution in [0.25, 0.3) is 10.9 Å². The number of rotatable bonds is 3. The van der Waals surface area contributed by atoms with E-state index in [1.165, 1.54) is 55.9 Å². The zero-order chi connectivity index (χ0) is 17.2. The van der Waals surface area contributed by atoms with Gasteiger partial charge in [0.2, 0.25) is 5.95 Å². The van der Waals surface area contributed by atoms with E-state index in [0.29, 0.717) is 6.04 Å². The number of anilines is 1. The second-order valence-corrected chi connectivity index (χ2v) is 7.89. The van der Waals surface area contributed by atoms with E-state index in [1.807, 2.05) is 0 Å². The second-order valence-electron chi connectivity index (χ2n) is 7.89. The summed E-state index contributed by atoms with van der Waals surface area (Å²) >= 11 is 0. The van der Waals surface area contributed by atoms with Crippen LogP contribution in [-0.4, -0.2) is 35.1 Å². The van der Waals surface area contributed by atoms with Gasteiger partial charge in [-0.2, -0.15) is 0 Å². The van der Waals surface area contributed by atoms with Gasteiger partial charge in [0, 0.05) is 30.6 Å². The molecule has 1 aliphatic heterocycles. The molecular weight excluding hydrogens is 308 g/mol. The molecule has 4 rings (SSSR count). The number of fused-ring (bicyclic) bond motifs is 1. The minimum Gasteiger partial charge on any atom is -0.341 e. The lowest BCUT2D eigenvalue weighted by Gasteiger charge is -2.23. The van der Waals surface area contributed by atoms with Gasteiger partial charge < -0.3 is 10.2 Å². The summed E-state index contributed by atoms with van der Waals surface area (Å²) in [5.74, 6) is 0.914. The topological polar surface area (TPSA) is 41.1 Å². The summed E-state index contributed by atoms with van der Waals surface area (Å²) in [6.45, 7) is 6.35. The minimum absolute atomic E-state index is 0.664. The molecule has 2 fully saturated rings. The third-order valence-corrected chi connectivity index (χ3v) is 5.87. The van der Waals surface area contributed by atoms with Gasteiger partial charge in [0.25, 0.3) is 0 Å². The lowest BCUT2D eigenvalue weighted by molar-refractivity contribution is 0.403. The van der Waals surface area contributed by atoms with Crippen molar-refractivity contribution in [3.05, 3.63) is 29.5 Å². The van der Waals surface area contributed by atoms with Crippen LogP contribution in [0.5, 0.6) is 0 Å². The molecule has 0 spiro atoms. The molecule has 1 atom stereocenters. The molecule has 1 aromatic heterocycles. The highest BCUT2D eigenvalue weighted by Gasteiger charge is 2.23. The van der Waals surface area contributed by atoms with Gasteiger partial charge >= 0.3 is 0 Å². The van der Waals surface area contributed by atoms with Crippen molar-refractivity contribution in [3.8, 4) is 0 Å². The Bertz CT molecular complexity index is 736. The van der Waals surface area contributed by atoms with Gasteiger partial charge in [0.1, 0.15) is 0 Å². The van der Waals surface area contributed by atoms with E-state index in [1.54, 1.807) is 0 Å². The summed E-state index contributed by atoms with van der Waals surface area (Å²) in [5, 5.41) is 5.08. The normalized spacial score (nSPS) is 22.5. The van der Waals surface area contributed by atoms with E-state index >= 15 is 0 Å². The first-order chi connectivity index (χ1) is 12.2. The highest BCUT2D eigenvalue weighted by atomic mass is 15.3. The van der Waals surface area contributed by atoms with E-state index < -0.39 is 0 Å². The lowest BCUT2D eigenvalue weighted by Crippen LogP contribution is -2.37. The SMILES string of the molecule is Cc1ccc2c(C)nc(N3CCCC(NC4CCCC4)CC3)nc2c1. The first-order valence-corrected chi connectivity index (χ1v) is 9.95. The molecule has 0 bridgehead atoms. The van der Waals surface area contributed by atoms with Crippen LogP contribution in [0.1, 0.15) is 56.2 Å². The molecule has 4 nitrogen and oxygen atoms in total. The van der Waals surface area contributed by atoms with Crippen molar-refractivity contribution in [2.45, 2.75) is 70.9 Å². The van der Waals surface area contributed by atoms with Gasteiger partial charge in [-0.3, -0.25) is 0 Å². The standard InChI is InChI=1S/C21H30N4/c1-15-9-10-19-16(2)22-21(24-20(19)14-15)25-12-5-8-18(11-13-25)23-17-6-3-4-7-17/h9-10,14,17-18,23H,3-8,11-13H2,1-2H3. The minimum atomic E-state index is 0.664. The number of hydrogen-bond donors (Lipinski definition) is 1. The molecule has 4 heteroatoms. The van der Waals surface area contributed by atoms with Crippen LogP contribution in [0.4, 0.5) is 5.95 Å². The van der Waals surface area contributed by atoms with E-state index in [4.69, 9.17) is 9.97 Å². The average Bonchev–Trinajstić information content (AvgIpc) is 2.98. The maximum Gasteiger partial charge on any atom is 0.226 e. The molecule has 25 heavy (non-hydrogen) atoms. The Morgan fingerprint density at radius 3 is 2.52 bits per heavy atom. The first kappa shape index (κ1) is 16.8. The summed E-state index contributed by atoms with van der Waals surface area (Å²) in [6, 6.07) is 7.89. The molecule has 0 radical (unpaired) electrons. The van der Waals surface area contributed by atoms with Crippen LogP contribution >= 0.6 is 0 Å². The van der Waals surface area contributed by atoms with Crippen LogP contribution in [-0.2, 0) is 0 Å². The molecule has 1 saturated heterocycles. The predicted molar refractivity (Wildman–Crippen MR) is 104 cm³/mol. The lowest BCUT2D eigenvalue weighted by atomic mass is 10.1. The number of aryl methyl sites for hydroxylation is 2. The second kappa shape index (κ2) is 7.28. The number of hydrogen-bond acceptors (Lipinski definition) is 4. The molecule has 1 unspecified atom stereocenters. The Kier molecular flexibility index (Phi) is 4.89. The highest BCUT2D eigenvalue weighted by molar-refractivity contribution is 5.82. The van der Waals surface area contributed by atoms with Crippen molar-refractivity contribution in [3.63, 3.8) is 0 Å². The largest absolute Gasteiger partial charge is 0.341 e. The third kappa shape index (κ3) is 3.79. The zero-order valence-electron chi connectivity index (χ0n) is 15.6. The Balaban J connectivity index is 1.49. The summed E-state index contributed by atoms with van der Waals surface area (Å²) in [7, 11) is 0.